The molecular formula is C24H19ClN4OS2. The molecule has 1 fully saturated rings. The van der Waals surface area contributed by atoms with Crippen LogP contribution in [0.2, 0.25) is 5.02 Å². The lowest BCUT2D eigenvalue weighted by atomic mass is 10.0. The first kappa shape index (κ1) is 21.0. The summed E-state index contributed by atoms with van der Waals surface area (Å²) >= 11 is 13.3. The Balaban J connectivity index is 1.47. The molecule has 1 aromatic carbocycles. The third kappa shape index (κ3) is 4.50. The van der Waals surface area contributed by atoms with E-state index >= 15 is 0 Å². The molecule has 1 saturated heterocycles. The van der Waals surface area contributed by atoms with Crippen LogP contribution in [-0.2, 0) is 6.54 Å². The molecule has 5 rings (SSSR count). The summed E-state index contributed by atoms with van der Waals surface area (Å²) in [6.45, 7) is 0.619. The number of nitrogens with one attached hydrogen (secondary N) is 1. The third-order valence-electron chi connectivity index (χ3n) is 5.20. The monoisotopic (exact) mass is 478 g/mol. The highest BCUT2D eigenvalue weighted by Gasteiger charge is 2.41. The van der Waals surface area contributed by atoms with Gasteiger partial charge in [-0.1, -0.05) is 35.5 Å². The minimum atomic E-state index is -0.142. The predicted octanol–water partition coefficient (Wildman–Crippen LogP) is 6.05. The highest BCUT2D eigenvalue weighted by molar-refractivity contribution is 7.99. The van der Waals surface area contributed by atoms with E-state index < -0.39 is 0 Å². The molecule has 0 amide bonds. The van der Waals surface area contributed by atoms with E-state index in [1.54, 1.807) is 24.2 Å². The Kier molecular flexibility index (Phi) is 6.12. The van der Waals surface area contributed by atoms with Crippen molar-refractivity contribution in [2.45, 2.75) is 28.6 Å². The summed E-state index contributed by atoms with van der Waals surface area (Å²) in [5.74, 6) is 0.827. The van der Waals surface area contributed by atoms with Crippen molar-refractivity contribution in [1.29, 1.82) is 0 Å². The van der Waals surface area contributed by atoms with Gasteiger partial charge in [0.1, 0.15) is 11.8 Å². The first-order chi connectivity index (χ1) is 15.7. The third-order valence-corrected chi connectivity index (χ3v) is 6.73. The molecule has 2 atom stereocenters. The second-order valence-electron chi connectivity index (χ2n) is 7.33. The van der Waals surface area contributed by atoms with Crippen LogP contribution in [0.15, 0.2) is 99.7 Å². The number of halogens is 1. The normalized spacial score (nSPS) is 18.0. The van der Waals surface area contributed by atoms with Crippen molar-refractivity contribution >= 4 is 40.7 Å². The van der Waals surface area contributed by atoms with Crippen molar-refractivity contribution in [3.63, 3.8) is 0 Å². The van der Waals surface area contributed by atoms with Gasteiger partial charge in [-0.3, -0.25) is 9.97 Å². The molecule has 4 aromatic rings. The number of benzene rings is 1. The van der Waals surface area contributed by atoms with Gasteiger partial charge in [-0.15, -0.1) is 0 Å². The van der Waals surface area contributed by atoms with Crippen LogP contribution in [0.1, 0.15) is 29.1 Å². The van der Waals surface area contributed by atoms with Crippen molar-refractivity contribution in [1.82, 2.24) is 20.2 Å². The Morgan fingerprint density at radius 2 is 1.91 bits per heavy atom. The average molecular weight is 479 g/mol. The number of furan rings is 1. The number of pyridine rings is 2. The van der Waals surface area contributed by atoms with Gasteiger partial charge in [0.25, 0.3) is 0 Å². The highest BCUT2D eigenvalue weighted by atomic mass is 35.5. The summed E-state index contributed by atoms with van der Waals surface area (Å²) in [6, 6.07) is 21.3. The zero-order valence-electron chi connectivity index (χ0n) is 16.9. The van der Waals surface area contributed by atoms with Gasteiger partial charge in [0.15, 0.2) is 10.2 Å². The van der Waals surface area contributed by atoms with E-state index in [4.69, 9.17) is 28.2 Å². The molecule has 1 aliphatic rings. The highest BCUT2D eigenvalue weighted by Crippen LogP contribution is 2.41. The lowest BCUT2D eigenvalue weighted by Gasteiger charge is -2.26. The van der Waals surface area contributed by atoms with Crippen molar-refractivity contribution in [2.75, 3.05) is 0 Å². The van der Waals surface area contributed by atoms with Crippen molar-refractivity contribution in [3.8, 4) is 0 Å². The molecule has 32 heavy (non-hydrogen) atoms. The van der Waals surface area contributed by atoms with Gasteiger partial charge in [0.05, 0.1) is 11.7 Å². The molecule has 0 unspecified atom stereocenters. The topological polar surface area (TPSA) is 54.2 Å². The maximum atomic E-state index is 6.32. The van der Waals surface area contributed by atoms with Crippen LogP contribution >= 0.6 is 35.6 Å². The van der Waals surface area contributed by atoms with Crippen LogP contribution in [-0.4, -0.2) is 20.0 Å². The molecule has 1 N–H and O–H groups in total. The first-order valence-corrected chi connectivity index (χ1v) is 11.7. The number of thiocarbonyl (C=S) groups is 1. The second kappa shape index (κ2) is 9.32. The van der Waals surface area contributed by atoms with Gasteiger partial charge in [0.2, 0.25) is 0 Å². The van der Waals surface area contributed by atoms with E-state index in [0.717, 1.165) is 27.0 Å². The van der Waals surface area contributed by atoms with Gasteiger partial charge < -0.3 is 14.6 Å². The molecule has 0 spiro atoms. The van der Waals surface area contributed by atoms with Gasteiger partial charge in [-0.2, -0.15) is 0 Å². The summed E-state index contributed by atoms with van der Waals surface area (Å²) in [5, 5.41) is 5.63. The summed E-state index contributed by atoms with van der Waals surface area (Å²) in [7, 11) is 0. The molecule has 8 heteroatoms. The Hall–Kier alpha value is -2.87. The van der Waals surface area contributed by atoms with Crippen LogP contribution in [0, 0.1) is 0 Å². The number of aromatic nitrogens is 2. The average Bonchev–Trinajstić information content (AvgIpc) is 3.41. The molecule has 160 valence electrons. The van der Waals surface area contributed by atoms with Gasteiger partial charge in [0, 0.05) is 35.1 Å². The van der Waals surface area contributed by atoms with Gasteiger partial charge in [-0.05, 0) is 72.4 Å². The molecule has 1 aliphatic heterocycles. The molecule has 0 radical (unpaired) electrons. The van der Waals surface area contributed by atoms with Crippen molar-refractivity contribution in [3.05, 3.63) is 107 Å². The zero-order valence-corrected chi connectivity index (χ0v) is 19.3. The maximum Gasteiger partial charge on any atom is 0.170 e. The van der Waals surface area contributed by atoms with E-state index in [2.05, 4.69) is 20.2 Å². The van der Waals surface area contributed by atoms with Crippen LogP contribution in [0.5, 0.6) is 0 Å². The largest absolute Gasteiger partial charge is 0.452 e. The van der Waals surface area contributed by atoms with E-state index in [1.165, 1.54) is 0 Å². The molecule has 0 aliphatic carbocycles. The van der Waals surface area contributed by atoms with E-state index in [0.29, 0.717) is 16.7 Å². The molecule has 0 saturated carbocycles. The molecular weight excluding hydrogens is 460 g/mol. The fourth-order valence-corrected chi connectivity index (χ4v) is 4.95. The lowest BCUT2D eigenvalue weighted by Crippen LogP contribution is -2.29. The number of hydrogen-bond acceptors (Lipinski definition) is 5. The second-order valence-corrected chi connectivity index (χ2v) is 9.23. The maximum absolute atomic E-state index is 6.32. The molecule has 4 heterocycles. The van der Waals surface area contributed by atoms with Gasteiger partial charge in [-0.25, -0.2) is 0 Å². The van der Waals surface area contributed by atoms with E-state index in [9.17, 15) is 0 Å². The van der Waals surface area contributed by atoms with Crippen LogP contribution in [0.25, 0.3) is 0 Å². The van der Waals surface area contributed by atoms with Crippen LogP contribution in [0.4, 0.5) is 0 Å². The Morgan fingerprint density at radius 3 is 2.66 bits per heavy atom. The number of rotatable bonds is 6. The number of hydrogen-bond donors (Lipinski definition) is 1. The Morgan fingerprint density at radius 1 is 1.03 bits per heavy atom. The summed E-state index contributed by atoms with van der Waals surface area (Å²) in [6.07, 6.45) is 5.42. The zero-order chi connectivity index (χ0) is 21.9. The van der Waals surface area contributed by atoms with Crippen LogP contribution in [0.3, 0.4) is 0 Å². The summed E-state index contributed by atoms with van der Waals surface area (Å²) in [5.41, 5.74) is 1.99. The lowest BCUT2D eigenvalue weighted by molar-refractivity contribution is 0.254. The molecule has 3 aromatic heterocycles. The van der Waals surface area contributed by atoms with Gasteiger partial charge >= 0.3 is 0 Å². The summed E-state index contributed by atoms with van der Waals surface area (Å²) in [4.78, 5) is 12.0. The quantitative estimate of drug-likeness (QED) is 0.338. The van der Waals surface area contributed by atoms with Crippen molar-refractivity contribution in [2.24, 2.45) is 0 Å². The molecule has 0 bridgehead atoms. The number of nitrogens with zero attached hydrogens (tertiary/aromatic N) is 3. The first-order valence-electron chi connectivity index (χ1n) is 10.1. The fourth-order valence-electron chi connectivity index (χ4n) is 3.74. The Bertz CT molecular complexity index is 1200. The SMILES string of the molecule is S=C1N[C@@H](c2ccccn2)[C@H](c2ccc(Sc3ccc(Cl)cc3)o2)N1Cc1cccnc1. The van der Waals surface area contributed by atoms with Crippen molar-refractivity contribution < 1.29 is 4.42 Å². The van der Waals surface area contributed by atoms with Crippen LogP contribution < -0.4 is 5.32 Å². The Labute approximate surface area is 200 Å². The van der Waals surface area contributed by atoms with E-state index in [-0.39, 0.29) is 12.1 Å². The smallest absolute Gasteiger partial charge is 0.170 e. The minimum absolute atomic E-state index is 0.125. The summed E-state index contributed by atoms with van der Waals surface area (Å²) < 4.78 is 6.32. The minimum Gasteiger partial charge on any atom is -0.452 e. The fraction of sp³-hybridized carbons (Fsp3) is 0.125. The predicted molar refractivity (Wildman–Crippen MR) is 130 cm³/mol. The standard InChI is InChI=1S/C24H19ClN4OS2/c25-17-6-8-18(9-7-17)32-21-11-10-20(30-21)23-22(19-5-1-2-13-27-19)28-24(31)29(23)15-16-4-3-12-26-14-16/h1-14,22-23H,15H2,(H,28,31)/t22-,23-/m0/s1. The molecule has 5 nitrogen and oxygen atoms in total. The van der Waals surface area contributed by atoms with E-state index in [1.807, 2.05) is 72.9 Å².